The first kappa shape index (κ1) is 13.9. The van der Waals surface area contributed by atoms with Crippen LogP contribution in [0, 0.1) is 11.7 Å². The zero-order chi connectivity index (χ0) is 12.8. The van der Waals surface area contributed by atoms with E-state index in [-0.39, 0.29) is 10.6 Å². The highest BCUT2D eigenvalue weighted by atomic mass is 32.1. The highest BCUT2D eigenvalue weighted by molar-refractivity contribution is 7.80. The van der Waals surface area contributed by atoms with Gasteiger partial charge in [0.15, 0.2) is 0 Å². The molecule has 0 aromatic heterocycles. The van der Waals surface area contributed by atoms with Crippen molar-refractivity contribution in [3.05, 3.63) is 29.6 Å². The number of ether oxygens (including phenoxy) is 1. The lowest BCUT2D eigenvalue weighted by atomic mass is 10.1. The van der Waals surface area contributed by atoms with Crippen molar-refractivity contribution in [3.8, 4) is 0 Å². The van der Waals surface area contributed by atoms with E-state index in [4.69, 9.17) is 22.7 Å². The third kappa shape index (κ3) is 4.28. The van der Waals surface area contributed by atoms with E-state index in [1.165, 1.54) is 6.07 Å². The summed E-state index contributed by atoms with van der Waals surface area (Å²) in [5, 5.41) is 3.13. The molecule has 0 fully saturated rings. The van der Waals surface area contributed by atoms with Gasteiger partial charge in [-0.3, -0.25) is 0 Å². The molecule has 0 heterocycles. The van der Waals surface area contributed by atoms with Crippen LogP contribution in [0.4, 0.5) is 10.1 Å². The fourth-order valence-electron chi connectivity index (χ4n) is 1.46. The Morgan fingerprint density at radius 2 is 2.29 bits per heavy atom. The number of benzene rings is 1. The summed E-state index contributed by atoms with van der Waals surface area (Å²) in [5.74, 6) is -0.0415. The lowest BCUT2D eigenvalue weighted by molar-refractivity contribution is 0.164. The average molecular weight is 256 g/mol. The van der Waals surface area contributed by atoms with Crippen molar-refractivity contribution in [2.24, 2.45) is 11.7 Å². The van der Waals surface area contributed by atoms with Crippen LogP contribution < -0.4 is 11.1 Å². The van der Waals surface area contributed by atoms with Crippen molar-refractivity contribution in [2.75, 3.05) is 25.6 Å². The molecule has 17 heavy (non-hydrogen) atoms. The van der Waals surface area contributed by atoms with Crippen molar-refractivity contribution in [2.45, 2.75) is 6.92 Å². The summed E-state index contributed by atoms with van der Waals surface area (Å²) in [6.45, 7) is 3.44. The molecule has 0 spiro atoms. The topological polar surface area (TPSA) is 47.3 Å². The Kier molecular flexibility index (Phi) is 5.31. The van der Waals surface area contributed by atoms with Crippen molar-refractivity contribution in [1.82, 2.24) is 0 Å². The molecule has 0 saturated heterocycles. The molecule has 0 aliphatic carbocycles. The number of nitrogens with one attached hydrogen (secondary N) is 1. The maximum absolute atomic E-state index is 13.5. The lowest BCUT2D eigenvalue weighted by Gasteiger charge is -2.13. The molecule has 5 heteroatoms. The molecule has 0 bridgehead atoms. The van der Waals surface area contributed by atoms with Crippen molar-refractivity contribution in [1.29, 1.82) is 0 Å². The Bertz CT molecular complexity index is 398. The lowest BCUT2D eigenvalue weighted by Crippen LogP contribution is -2.16. The van der Waals surface area contributed by atoms with Crippen LogP contribution in [0.15, 0.2) is 18.2 Å². The first-order chi connectivity index (χ1) is 8.04. The zero-order valence-electron chi connectivity index (χ0n) is 10.00. The van der Waals surface area contributed by atoms with Crippen molar-refractivity contribution >= 4 is 22.9 Å². The summed E-state index contributed by atoms with van der Waals surface area (Å²) in [6.07, 6.45) is 0. The summed E-state index contributed by atoms with van der Waals surface area (Å²) >= 11 is 4.73. The SMILES string of the molecule is COCC(C)CNc1ccc(C(N)=S)c(F)c1. The minimum absolute atomic E-state index is 0.0711. The van der Waals surface area contributed by atoms with E-state index in [0.29, 0.717) is 18.2 Å². The van der Waals surface area contributed by atoms with Gasteiger partial charge in [-0.25, -0.2) is 4.39 Å². The van der Waals surface area contributed by atoms with Gasteiger partial charge in [0.25, 0.3) is 0 Å². The minimum Gasteiger partial charge on any atom is -0.389 e. The molecule has 1 aromatic rings. The second-order valence-corrected chi connectivity index (χ2v) is 4.44. The number of halogens is 1. The van der Waals surface area contributed by atoms with Crippen LogP contribution in [0.3, 0.4) is 0 Å². The van der Waals surface area contributed by atoms with E-state index in [1.54, 1.807) is 19.2 Å². The third-order valence-electron chi connectivity index (χ3n) is 2.34. The number of thiocarbonyl (C=S) groups is 1. The van der Waals surface area contributed by atoms with Crippen LogP contribution in [0.2, 0.25) is 0 Å². The first-order valence-electron chi connectivity index (χ1n) is 5.36. The number of methoxy groups -OCH3 is 1. The third-order valence-corrected chi connectivity index (χ3v) is 2.56. The van der Waals surface area contributed by atoms with Crippen molar-refractivity contribution in [3.63, 3.8) is 0 Å². The van der Waals surface area contributed by atoms with E-state index < -0.39 is 5.82 Å². The predicted molar refractivity (Wildman–Crippen MR) is 71.8 cm³/mol. The van der Waals surface area contributed by atoms with Gasteiger partial charge in [-0.15, -0.1) is 0 Å². The first-order valence-corrected chi connectivity index (χ1v) is 5.77. The molecule has 3 nitrogen and oxygen atoms in total. The summed E-state index contributed by atoms with van der Waals surface area (Å²) in [7, 11) is 1.66. The monoisotopic (exact) mass is 256 g/mol. The van der Waals surface area contributed by atoms with Gasteiger partial charge in [0.05, 0.1) is 6.61 Å². The van der Waals surface area contributed by atoms with Crippen LogP contribution in [-0.4, -0.2) is 25.2 Å². The molecule has 0 amide bonds. The zero-order valence-corrected chi connectivity index (χ0v) is 10.8. The summed E-state index contributed by atoms with van der Waals surface area (Å²) < 4.78 is 18.6. The predicted octanol–water partition coefficient (Wildman–Crippen LogP) is 2.15. The summed E-state index contributed by atoms with van der Waals surface area (Å²) in [6, 6.07) is 4.74. The van der Waals surface area contributed by atoms with E-state index in [1.807, 2.05) is 0 Å². The van der Waals surface area contributed by atoms with Gasteiger partial charge in [0.2, 0.25) is 0 Å². The second kappa shape index (κ2) is 6.51. The van der Waals surface area contributed by atoms with Gasteiger partial charge >= 0.3 is 0 Å². The van der Waals surface area contributed by atoms with Crippen LogP contribution >= 0.6 is 12.2 Å². The quantitative estimate of drug-likeness (QED) is 0.766. The molecule has 0 radical (unpaired) electrons. The second-order valence-electron chi connectivity index (χ2n) is 4.00. The molecule has 0 saturated carbocycles. The Hall–Kier alpha value is -1.20. The molecule has 0 aliphatic heterocycles. The van der Waals surface area contributed by atoms with Crippen LogP contribution in [-0.2, 0) is 4.74 Å². The molecule has 1 atom stereocenters. The van der Waals surface area contributed by atoms with Gasteiger partial charge in [0, 0.05) is 24.9 Å². The van der Waals surface area contributed by atoms with Crippen LogP contribution in [0.1, 0.15) is 12.5 Å². The Morgan fingerprint density at radius 1 is 1.59 bits per heavy atom. The average Bonchev–Trinajstić information content (AvgIpc) is 2.26. The van der Waals surface area contributed by atoms with Crippen molar-refractivity contribution < 1.29 is 9.13 Å². The fraction of sp³-hybridized carbons (Fsp3) is 0.417. The molecular weight excluding hydrogens is 239 g/mol. The summed E-state index contributed by atoms with van der Waals surface area (Å²) in [5.41, 5.74) is 6.37. The van der Waals surface area contributed by atoms with Gasteiger partial charge in [-0.05, 0) is 24.1 Å². The van der Waals surface area contributed by atoms with Gasteiger partial charge in [-0.2, -0.15) is 0 Å². The number of hydrogen-bond acceptors (Lipinski definition) is 3. The maximum atomic E-state index is 13.5. The van der Waals surface area contributed by atoms with E-state index >= 15 is 0 Å². The fourth-order valence-corrected chi connectivity index (χ4v) is 1.63. The number of nitrogens with two attached hydrogens (primary N) is 1. The Morgan fingerprint density at radius 3 is 2.82 bits per heavy atom. The van der Waals surface area contributed by atoms with E-state index in [2.05, 4.69) is 12.2 Å². The molecule has 1 unspecified atom stereocenters. The standard InChI is InChI=1S/C12H17FN2OS/c1-8(7-16-2)6-15-9-3-4-10(12(14)17)11(13)5-9/h3-5,8,15H,6-7H2,1-2H3,(H2,14,17). The number of anilines is 1. The van der Waals surface area contributed by atoms with Gasteiger partial charge < -0.3 is 15.8 Å². The van der Waals surface area contributed by atoms with E-state index in [9.17, 15) is 4.39 Å². The maximum Gasteiger partial charge on any atom is 0.135 e. The highest BCUT2D eigenvalue weighted by Gasteiger charge is 2.06. The largest absolute Gasteiger partial charge is 0.389 e. The molecule has 3 N–H and O–H groups in total. The van der Waals surface area contributed by atoms with Gasteiger partial charge in [0.1, 0.15) is 10.8 Å². The number of rotatable bonds is 6. The highest BCUT2D eigenvalue weighted by Crippen LogP contribution is 2.15. The minimum atomic E-state index is -0.401. The summed E-state index contributed by atoms with van der Waals surface area (Å²) in [4.78, 5) is 0.0711. The molecule has 1 rings (SSSR count). The van der Waals surface area contributed by atoms with E-state index in [0.717, 1.165) is 6.54 Å². The smallest absolute Gasteiger partial charge is 0.135 e. The van der Waals surface area contributed by atoms with Gasteiger partial charge in [-0.1, -0.05) is 19.1 Å². The Balaban J connectivity index is 2.62. The molecule has 0 aliphatic rings. The normalized spacial score (nSPS) is 12.2. The van der Waals surface area contributed by atoms with Crippen LogP contribution in [0.25, 0.3) is 0 Å². The molecular formula is C12H17FN2OS. The van der Waals surface area contributed by atoms with Crippen LogP contribution in [0.5, 0.6) is 0 Å². The number of hydrogen-bond donors (Lipinski definition) is 2. The Labute approximate surface area is 106 Å². The molecule has 1 aromatic carbocycles. The molecule has 94 valence electrons.